The molecule has 1 N–H and O–H groups in total. The molecule has 7 nitrogen and oxygen atoms in total. The number of amides is 3. The van der Waals surface area contributed by atoms with E-state index in [1.54, 1.807) is 24.5 Å². The van der Waals surface area contributed by atoms with Gasteiger partial charge in [0, 0.05) is 25.5 Å². The molecular formula is C22H21N3O4S. The van der Waals surface area contributed by atoms with Crippen LogP contribution < -0.4 is 10.1 Å². The highest BCUT2D eigenvalue weighted by molar-refractivity contribution is 8.18. The van der Waals surface area contributed by atoms with E-state index < -0.39 is 0 Å². The van der Waals surface area contributed by atoms with Crippen molar-refractivity contribution in [2.45, 2.75) is 19.3 Å². The van der Waals surface area contributed by atoms with Gasteiger partial charge in [-0.25, -0.2) is 0 Å². The summed E-state index contributed by atoms with van der Waals surface area (Å²) in [6.45, 7) is 0.172. The van der Waals surface area contributed by atoms with E-state index in [1.165, 1.54) is 11.1 Å². The Morgan fingerprint density at radius 1 is 1.23 bits per heavy atom. The fraction of sp³-hybridized carbons (Fsp3) is 0.273. The maximum absolute atomic E-state index is 12.5. The van der Waals surface area contributed by atoms with Crippen molar-refractivity contribution in [3.63, 3.8) is 0 Å². The van der Waals surface area contributed by atoms with Crippen molar-refractivity contribution < 1.29 is 19.1 Å². The molecule has 0 radical (unpaired) electrons. The number of thioether (sulfide) groups is 1. The number of hydrogen-bond donors (Lipinski definition) is 1. The van der Waals surface area contributed by atoms with Crippen LogP contribution in [0, 0.1) is 0 Å². The van der Waals surface area contributed by atoms with Gasteiger partial charge in [0.25, 0.3) is 17.1 Å². The molecule has 1 aromatic carbocycles. The van der Waals surface area contributed by atoms with Crippen LogP contribution in [-0.4, -0.2) is 46.6 Å². The third-order valence-corrected chi connectivity index (χ3v) is 5.86. The van der Waals surface area contributed by atoms with Crippen molar-refractivity contribution >= 4 is 34.9 Å². The average Bonchev–Trinajstić information content (AvgIpc) is 3.32. The van der Waals surface area contributed by atoms with Gasteiger partial charge in [-0.05, 0) is 72.0 Å². The molecule has 1 aliphatic heterocycles. The highest BCUT2D eigenvalue weighted by Gasteiger charge is 2.34. The summed E-state index contributed by atoms with van der Waals surface area (Å²) in [4.78, 5) is 42.1. The number of pyridine rings is 1. The van der Waals surface area contributed by atoms with Crippen LogP contribution in [0.3, 0.4) is 0 Å². The monoisotopic (exact) mass is 423 g/mol. The number of aromatic nitrogens is 1. The zero-order valence-electron chi connectivity index (χ0n) is 16.3. The summed E-state index contributed by atoms with van der Waals surface area (Å²) in [6.07, 6.45) is 8.20. The standard InChI is InChI=1S/C22H21N3O4S/c26-20(14-29-18-7-6-16-4-1-5-17(16)12-18)24-9-10-25-21(27)19(30-22(25)28)11-15-3-2-8-23-13-15/h2-3,6-8,11-13H,1,4-5,9-10,14H2,(H,24,26)/b19-11+. The number of ether oxygens (including phenoxy) is 1. The van der Waals surface area contributed by atoms with Crippen molar-refractivity contribution in [2.75, 3.05) is 19.7 Å². The molecule has 8 heteroatoms. The number of nitrogens with zero attached hydrogens (tertiary/aromatic N) is 2. The van der Waals surface area contributed by atoms with Crippen LogP contribution in [-0.2, 0) is 22.4 Å². The van der Waals surface area contributed by atoms with E-state index in [0.717, 1.165) is 41.5 Å². The molecule has 2 heterocycles. The summed E-state index contributed by atoms with van der Waals surface area (Å²) in [7, 11) is 0. The Balaban J connectivity index is 1.24. The lowest BCUT2D eigenvalue weighted by molar-refractivity contribution is -0.125. The number of benzene rings is 1. The van der Waals surface area contributed by atoms with E-state index >= 15 is 0 Å². The second-order valence-corrected chi connectivity index (χ2v) is 8.04. The van der Waals surface area contributed by atoms with Crippen LogP contribution in [0.2, 0.25) is 0 Å². The maximum Gasteiger partial charge on any atom is 0.293 e. The Morgan fingerprint density at radius 3 is 2.93 bits per heavy atom. The van der Waals surface area contributed by atoms with Crippen LogP contribution in [0.25, 0.3) is 6.08 Å². The van der Waals surface area contributed by atoms with Crippen LogP contribution in [0.15, 0.2) is 47.6 Å². The molecule has 4 rings (SSSR count). The first-order chi connectivity index (χ1) is 14.6. The Labute approximate surface area is 178 Å². The van der Waals surface area contributed by atoms with E-state index in [1.807, 2.05) is 18.2 Å². The third-order valence-electron chi connectivity index (χ3n) is 4.95. The normalized spacial score (nSPS) is 16.8. The minimum Gasteiger partial charge on any atom is -0.484 e. The molecule has 1 aliphatic carbocycles. The third kappa shape index (κ3) is 4.71. The molecule has 2 aromatic rings. The first-order valence-electron chi connectivity index (χ1n) is 9.77. The summed E-state index contributed by atoms with van der Waals surface area (Å²) >= 11 is 0.886. The van der Waals surface area contributed by atoms with Crippen LogP contribution in [0.4, 0.5) is 4.79 Å². The summed E-state index contributed by atoms with van der Waals surface area (Å²) in [5.41, 5.74) is 3.38. The molecule has 1 saturated heterocycles. The lowest BCUT2D eigenvalue weighted by atomic mass is 10.1. The fourth-order valence-corrected chi connectivity index (χ4v) is 4.32. The van der Waals surface area contributed by atoms with Gasteiger partial charge in [0.15, 0.2) is 6.61 Å². The van der Waals surface area contributed by atoms with E-state index in [0.29, 0.717) is 10.7 Å². The molecule has 0 saturated carbocycles. The van der Waals surface area contributed by atoms with Crippen molar-refractivity contribution in [3.8, 4) is 5.75 Å². The number of rotatable bonds is 7. The van der Waals surface area contributed by atoms with Crippen LogP contribution in [0.5, 0.6) is 5.75 Å². The van der Waals surface area contributed by atoms with E-state index in [4.69, 9.17) is 4.74 Å². The van der Waals surface area contributed by atoms with Gasteiger partial charge in [0.1, 0.15) is 5.75 Å². The molecule has 154 valence electrons. The lowest BCUT2D eigenvalue weighted by Gasteiger charge is -2.13. The molecule has 2 aliphatic rings. The predicted molar refractivity (Wildman–Crippen MR) is 114 cm³/mol. The van der Waals surface area contributed by atoms with Gasteiger partial charge in [-0.3, -0.25) is 24.3 Å². The number of fused-ring (bicyclic) bond motifs is 1. The topological polar surface area (TPSA) is 88.6 Å². The minimum absolute atomic E-state index is 0.110. The summed E-state index contributed by atoms with van der Waals surface area (Å²) in [5, 5.41) is 2.34. The molecule has 3 amide bonds. The number of hydrogen-bond acceptors (Lipinski definition) is 6. The second-order valence-electron chi connectivity index (χ2n) is 7.04. The Hall–Kier alpha value is -3.13. The first kappa shape index (κ1) is 20.2. The zero-order chi connectivity index (χ0) is 20.9. The van der Waals surface area contributed by atoms with Gasteiger partial charge in [-0.15, -0.1) is 0 Å². The molecule has 0 atom stereocenters. The number of carbonyl (C=O) groups is 3. The van der Waals surface area contributed by atoms with Gasteiger partial charge in [-0.2, -0.15) is 0 Å². The Kier molecular flexibility index (Phi) is 6.13. The molecule has 1 aromatic heterocycles. The van der Waals surface area contributed by atoms with Gasteiger partial charge in [-0.1, -0.05) is 12.1 Å². The van der Waals surface area contributed by atoms with Crippen molar-refractivity contribution in [1.29, 1.82) is 0 Å². The summed E-state index contributed by atoms with van der Waals surface area (Å²) in [6, 6.07) is 9.49. The molecule has 0 bridgehead atoms. The minimum atomic E-state index is -0.363. The van der Waals surface area contributed by atoms with E-state index in [-0.39, 0.29) is 36.7 Å². The molecule has 1 fully saturated rings. The second kappa shape index (κ2) is 9.13. The first-order valence-corrected chi connectivity index (χ1v) is 10.6. The molecular weight excluding hydrogens is 402 g/mol. The number of carbonyl (C=O) groups excluding carboxylic acids is 3. The SMILES string of the molecule is O=C(COc1ccc2c(c1)CCC2)NCCN1C(=O)S/C(=C/c2cccnc2)C1=O. The summed E-state index contributed by atoms with van der Waals surface area (Å²) in [5.74, 6) is 0.0168. The van der Waals surface area contributed by atoms with Gasteiger partial charge >= 0.3 is 0 Å². The van der Waals surface area contributed by atoms with Crippen molar-refractivity contribution in [1.82, 2.24) is 15.2 Å². The van der Waals surface area contributed by atoms with E-state index in [2.05, 4.69) is 16.4 Å². The smallest absolute Gasteiger partial charge is 0.293 e. The van der Waals surface area contributed by atoms with Gasteiger partial charge < -0.3 is 10.1 Å². The number of imide groups is 1. The van der Waals surface area contributed by atoms with Crippen LogP contribution >= 0.6 is 11.8 Å². The van der Waals surface area contributed by atoms with E-state index in [9.17, 15) is 14.4 Å². The van der Waals surface area contributed by atoms with Gasteiger partial charge in [0.05, 0.1) is 4.91 Å². The van der Waals surface area contributed by atoms with Gasteiger partial charge in [0.2, 0.25) is 0 Å². The Bertz CT molecular complexity index is 1010. The largest absolute Gasteiger partial charge is 0.484 e. The fourth-order valence-electron chi connectivity index (χ4n) is 3.45. The predicted octanol–water partition coefficient (Wildman–Crippen LogP) is 2.80. The maximum atomic E-state index is 12.5. The van der Waals surface area contributed by atoms with Crippen molar-refractivity contribution in [2.24, 2.45) is 0 Å². The zero-order valence-corrected chi connectivity index (χ0v) is 17.1. The summed E-state index contributed by atoms with van der Waals surface area (Å²) < 4.78 is 5.56. The van der Waals surface area contributed by atoms with Crippen LogP contribution in [0.1, 0.15) is 23.1 Å². The number of nitrogens with one attached hydrogen (secondary N) is 1. The average molecular weight is 423 g/mol. The molecule has 30 heavy (non-hydrogen) atoms. The number of aryl methyl sites for hydroxylation is 2. The molecule has 0 spiro atoms. The highest BCUT2D eigenvalue weighted by atomic mass is 32.2. The quantitative estimate of drug-likeness (QED) is 0.689. The highest BCUT2D eigenvalue weighted by Crippen LogP contribution is 2.31. The Morgan fingerprint density at radius 2 is 2.10 bits per heavy atom. The molecule has 0 unspecified atom stereocenters. The van der Waals surface area contributed by atoms with Crippen molar-refractivity contribution in [3.05, 3.63) is 64.3 Å². The lowest BCUT2D eigenvalue weighted by Crippen LogP contribution is -2.38.